The van der Waals surface area contributed by atoms with E-state index in [0.29, 0.717) is 5.69 Å². The number of nitro benzene ring substituents is 1. The number of nitrogens with one attached hydrogen (secondary N) is 1. The summed E-state index contributed by atoms with van der Waals surface area (Å²) in [5.74, 6) is -1.68. The molecular weight excluding hydrogens is 578 g/mol. The molecule has 1 N–H and O–H groups in total. The number of pyridine rings is 1. The van der Waals surface area contributed by atoms with Crippen molar-refractivity contribution < 1.29 is 13.7 Å². The summed E-state index contributed by atoms with van der Waals surface area (Å²) in [6.07, 6.45) is 5.42. The summed E-state index contributed by atoms with van der Waals surface area (Å²) >= 11 is 3.24. The van der Waals surface area contributed by atoms with E-state index in [9.17, 15) is 28.5 Å². The SMILES string of the molecule is O=c1ccn(-c2c(Cc3c(F)cccc3F)[c]c(CBr)c([N+](=O)[O-])c2-c2ccc(-n3cccn3)cn2)c(=O)[nH]1. The molecular formula is C26H16BrF2N6O4. The van der Waals surface area contributed by atoms with E-state index in [1.807, 2.05) is 0 Å². The molecule has 0 aliphatic rings. The Morgan fingerprint density at radius 1 is 1.05 bits per heavy atom. The molecule has 10 nitrogen and oxygen atoms in total. The largest absolute Gasteiger partial charge is 0.332 e. The molecule has 0 saturated heterocycles. The Morgan fingerprint density at radius 3 is 2.41 bits per heavy atom. The minimum atomic E-state index is -0.915. The number of nitrogens with zero attached hydrogens (tertiary/aromatic N) is 5. The van der Waals surface area contributed by atoms with E-state index in [1.165, 1.54) is 23.0 Å². The van der Waals surface area contributed by atoms with Crippen molar-refractivity contribution in [3.05, 3.63) is 133 Å². The number of benzene rings is 2. The fourth-order valence-electron chi connectivity index (χ4n) is 4.21. The normalized spacial score (nSPS) is 11.1. The van der Waals surface area contributed by atoms with Crippen LogP contribution in [0.25, 0.3) is 22.6 Å². The predicted octanol–water partition coefficient (Wildman–Crippen LogP) is 4.25. The third kappa shape index (κ3) is 4.91. The van der Waals surface area contributed by atoms with E-state index in [-0.39, 0.29) is 39.0 Å². The highest BCUT2D eigenvalue weighted by atomic mass is 79.9. The van der Waals surface area contributed by atoms with Crippen LogP contribution in [0, 0.1) is 27.8 Å². The molecule has 3 heterocycles. The van der Waals surface area contributed by atoms with E-state index >= 15 is 0 Å². The van der Waals surface area contributed by atoms with Crippen LogP contribution in [-0.2, 0) is 11.8 Å². The van der Waals surface area contributed by atoms with Crippen LogP contribution in [0.5, 0.6) is 0 Å². The standard InChI is InChI=1S/C26H16BrF2N6O4/c27-13-16-11-15(12-18-19(28)3-1-4-20(18)29)24(33-10-7-22(36)32-26(33)37)23(25(16)35(38)39)21-6-5-17(14-30-21)34-9-2-8-31-34/h1-10,14H,12-13H2,(H,32,36,37). The van der Waals surface area contributed by atoms with Gasteiger partial charge in [-0.3, -0.25) is 29.4 Å². The highest BCUT2D eigenvalue weighted by molar-refractivity contribution is 9.08. The van der Waals surface area contributed by atoms with Crippen LogP contribution in [0.2, 0.25) is 0 Å². The second-order valence-corrected chi connectivity index (χ2v) is 8.82. The molecule has 195 valence electrons. The maximum absolute atomic E-state index is 14.7. The summed E-state index contributed by atoms with van der Waals surface area (Å²) in [6.45, 7) is 0. The minimum Gasteiger partial charge on any atom is -0.274 e. The fourth-order valence-corrected chi connectivity index (χ4v) is 4.62. The van der Waals surface area contributed by atoms with Crippen LogP contribution < -0.4 is 11.2 Å². The van der Waals surface area contributed by atoms with E-state index in [2.05, 4.69) is 37.1 Å². The molecule has 5 aromatic rings. The minimum absolute atomic E-state index is 0.0325. The van der Waals surface area contributed by atoms with Crippen molar-refractivity contribution in [2.45, 2.75) is 11.8 Å². The lowest BCUT2D eigenvalue weighted by molar-refractivity contribution is -0.384. The predicted molar refractivity (Wildman–Crippen MR) is 140 cm³/mol. The van der Waals surface area contributed by atoms with Crippen molar-refractivity contribution in [2.24, 2.45) is 0 Å². The van der Waals surface area contributed by atoms with Crippen molar-refractivity contribution >= 4 is 21.6 Å². The van der Waals surface area contributed by atoms with Crippen LogP contribution in [0.4, 0.5) is 14.5 Å². The summed E-state index contributed by atoms with van der Waals surface area (Å²) < 4.78 is 31.9. The van der Waals surface area contributed by atoms with Gasteiger partial charge in [0.05, 0.1) is 28.2 Å². The molecule has 2 aromatic carbocycles. The van der Waals surface area contributed by atoms with Gasteiger partial charge in [-0.05, 0) is 42.0 Å². The van der Waals surface area contributed by atoms with E-state index < -0.39 is 39.9 Å². The van der Waals surface area contributed by atoms with Crippen LogP contribution in [-0.4, -0.2) is 29.2 Å². The highest BCUT2D eigenvalue weighted by Gasteiger charge is 2.30. The highest BCUT2D eigenvalue weighted by Crippen LogP contribution is 2.41. The Kier molecular flexibility index (Phi) is 6.98. The molecule has 0 aliphatic heterocycles. The van der Waals surface area contributed by atoms with Crippen LogP contribution in [0.3, 0.4) is 0 Å². The zero-order valence-corrected chi connectivity index (χ0v) is 21.4. The van der Waals surface area contributed by atoms with Gasteiger partial charge in [-0.25, -0.2) is 18.3 Å². The number of nitro groups is 1. The van der Waals surface area contributed by atoms with Crippen molar-refractivity contribution in [3.63, 3.8) is 0 Å². The zero-order chi connectivity index (χ0) is 27.7. The summed E-state index contributed by atoms with van der Waals surface area (Å²) in [6, 6.07) is 12.1. The topological polar surface area (TPSA) is 129 Å². The molecule has 0 fully saturated rings. The van der Waals surface area contributed by atoms with Crippen molar-refractivity contribution in [2.75, 3.05) is 0 Å². The molecule has 0 spiro atoms. The van der Waals surface area contributed by atoms with Crippen LogP contribution in [0.1, 0.15) is 16.7 Å². The van der Waals surface area contributed by atoms with Gasteiger partial charge >= 0.3 is 5.69 Å². The lowest BCUT2D eigenvalue weighted by Crippen LogP contribution is -2.29. The smallest absolute Gasteiger partial charge is 0.274 e. The van der Waals surface area contributed by atoms with Gasteiger partial charge in [0.1, 0.15) is 17.2 Å². The van der Waals surface area contributed by atoms with E-state index in [4.69, 9.17) is 0 Å². The number of rotatable bonds is 7. The first-order chi connectivity index (χ1) is 18.8. The number of aromatic amines is 1. The molecule has 0 bridgehead atoms. The summed E-state index contributed by atoms with van der Waals surface area (Å²) in [5.41, 5.74) is -1.76. The summed E-state index contributed by atoms with van der Waals surface area (Å²) in [4.78, 5) is 43.0. The van der Waals surface area contributed by atoms with Gasteiger partial charge in [0.25, 0.3) is 11.2 Å². The molecule has 0 aliphatic carbocycles. The molecule has 0 unspecified atom stereocenters. The van der Waals surface area contributed by atoms with Gasteiger partial charge in [-0.2, -0.15) is 5.10 Å². The molecule has 0 saturated carbocycles. The van der Waals surface area contributed by atoms with Gasteiger partial charge in [-0.1, -0.05) is 22.0 Å². The van der Waals surface area contributed by atoms with Gasteiger partial charge in [0.2, 0.25) is 0 Å². The molecule has 39 heavy (non-hydrogen) atoms. The number of aromatic nitrogens is 5. The zero-order valence-electron chi connectivity index (χ0n) is 19.8. The molecule has 0 amide bonds. The molecule has 1 radical (unpaired) electrons. The first-order valence-electron chi connectivity index (χ1n) is 11.3. The Balaban J connectivity index is 1.87. The first-order valence-corrected chi connectivity index (χ1v) is 12.4. The molecule has 3 aromatic heterocycles. The maximum atomic E-state index is 14.7. The number of alkyl halides is 1. The lowest BCUT2D eigenvalue weighted by Gasteiger charge is -2.19. The molecule has 0 atom stereocenters. The lowest BCUT2D eigenvalue weighted by atomic mass is 9.93. The molecule has 13 heteroatoms. The quantitative estimate of drug-likeness (QED) is 0.171. The van der Waals surface area contributed by atoms with E-state index in [1.54, 1.807) is 24.5 Å². The van der Waals surface area contributed by atoms with Gasteiger partial charge in [0.15, 0.2) is 0 Å². The Hall–Kier alpha value is -4.78. The molecule has 5 rings (SSSR count). The third-order valence-electron chi connectivity index (χ3n) is 5.92. The van der Waals surface area contributed by atoms with Gasteiger partial charge in [0, 0.05) is 47.5 Å². The van der Waals surface area contributed by atoms with E-state index in [0.717, 1.165) is 29.0 Å². The second-order valence-electron chi connectivity index (χ2n) is 8.25. The Morgan fingerprint density at radius 2 is 1.82 bits per heavy atom. The number of H-pyrrole nitrogens is 1. The van der Waals surface area contributed by atoms with Crippen LogP contribution in [0.15, 0.2) is 76.8 Å². The Bertz CT molecular complexity index is 1800. The average molecular weight is 594 g/mol. The third-order valence-corrected chi connectivity index (χ3v) is 6.48. The first kappa shape index (κ1) is 25.9. The monoisotopic (exact) mass is 593 g/mol. The van der Waals surface area contributed by atoms with Crippen molar-refractivity contribution in [1.29, 1.82) is 0 Å². The Labute approximate surface area is 226 Å². The van der Waals surface area contributed by atoms with Gasteiger partial charge in [-0.15, -0.1) is 0 Å². The van der Waals surface area contributed by atoms with Crippen LogP contribution >= 0.6 is 15.9 Å². The average Bonchev–Trinajstić information content (AvgIpc) is 3.45. The summed E-state index contributed by atoms with van der Waals surface area (Å²) in [5, 5.41) is 16.5. The maximum Gasteiger partial charge on any atom is 0.332 e. The van der Waals surface area contributed by atoms with Crippen molar-refractivity contribution in [1.82, 2.24) is 24.3 Å². The summed E-state index contributed by atoms with van der Waals surface area (Å²) in [7, 11) is 0. The fraction of sp³-hybridized carbons (Fsp3) is 0.0769. The number of hydrogen-bond donors (Lipinski definition) is 1. The number of halogens is 3. The number of hydrogen-bond acceptors (Lipinski definition) is 6. The van der Waals surface area contributed by atoms with Crippen molar-refractivity contribution in [3.8, 4) is 22.6 Å². The van der Waals surface area contributed by atoms with Gasteiger partial charge < -0.3 is 0 Å². The second kappa shape index (κ2) is 10.5.